The van der Waals surface area contributed by atoms with E-state index in [1.54, 1.807) is 0 Å². The molecule has 0 spiro atoms. The number of rotatable bonds is 2. The molecule has 0 unspecified atom stereocenters. The Morgan fingerprint density at radius 1 is 1.16 bits per heavy atom. The van der Waals surface area contributed by atoms with Crippen LogP contribution in [0.2, 0.25) is 5.02 Å². The van der Waals surface area contributed by atoms with Crippen LogP contribution in [-0.4, -0.2) is 5.91 Å². The van der Waals surface area contributed by atoms with Crippen molar-refractivity contribution in [2.24, 2.45) is 0 Å². The highest BCUT2D eigenvalue weighted by Crippen LogP contribution is 2.21. The van der Waals surface area contributed by atoms with Crippen molar-refractivity contribution in [2.75, 3.05) is 5.32 Å². The van der Waals surface area contributed by atoms with Crippen LogP contribution in [0.1, 0.15) is 21.5 Å². The fourth-order valence-corrected chi connectivity index (χ4v) is 2.02. The van der Waals surface area contributed by atoms with Gasteiger partial charge in [-0.2, -0.15) is 0 Å². The molecule has 1 N–H and O–H groups in total. The summed E-state index contributed by atoms with van der Waals surface area (Å²) < 4.78 is 13.7. The van der Waals surface area contributed by atoms with Crippen LogP contribution in [0.5, 0.6) is 0 Å². The number of nitrogens with one attached hydrogen (secondary N) is 1. The smallest absolute Gasteiger partial charge is 0.258 e. The first kappa shape index (κ1) is 13.6. The maximum absolute atomic E-state index is 13.7. The van der Waals surface area contributed by atoms with Crippen LogP contribution in [0.25, 0.3) is 0 Å². The lowest BCUT2D eigenvalue weighted by Crippen LogP contribution is -2.15. The Bertz CT molecular complexity index is 620. The van der Waals surface area contributed by atoms with Gasteiger partial charge < -0.3 is 5.32 Å². The SMILES string of the molecule is Cc1cccc(C)c1NC(=O)c1ccc(Cl)cc1F. The average molecular weight is 278 g/mol. The molecule has 4 heteroatoms. The summed E-state index contributed by atoms with van der Waals surface area (Å²) in [6, 6.07) is 9.68. The van der Waals surface area contributed by atoms with Crippen molar-refractivity contribution in [3.8, 4) is 0 Å². The highest BCUT2D eigenvalue weighted by molar-refractivity contribution is 6.30. The molecule has 0 bridgehead atoms. The predicted molar refractivity (Wildman–Crippen MR) is 75.3 cm³/mol. The van der Waals surface area contributed by atoms with E-state index in [9.17, 15) is 9.18 Å². The molecular weight excluding hydrogens is 265 g/mol. The molecule has 1 amide bonds. The summed E-state index contributed by atoms with van der Waals surface area (Å²) in [7, 11) is 0. The largest absolute Gasteiger partial charge is 0.321 e. The van der Waals surface area contributed by atoms with E-state index in [0.717, 1.165) is 17.2 Å². The van der Waals surface area contributed by atoms with E-state index < -0.39 is 11.7 Å². The monoisotopic (exact) mass is 277 g/mol. The number of carbonyl (C=O) groups is 1. The number of aryl methyl sites for hydroxylation is 2. The quantitative estimate of drug-likeness (QED) is 0.869. The Kier molecular flexibility index (Phi) is 3.86. The lowest BCUT2D eigenvalue weighted by Gasteiger charge is -2.11. The highest BCUT2D eigenvalue weighted by Gasteiger charge is 2.14. The summed E-state index contributed by atoms with van der Waals surface area (Å²) in [5.41, 5.74) is 2.55. The molecule has 0 saturated carbocycles. The number of para-hydroxylation sites is 1. The Labute approximate surface area is 116 Å². The highest BCUT2D eigenvalue weighted by atomic mass is 35.5. The second kappa shape index (κ2) is 5.41. The van der Waals surface area contributed by atoms with E-state index in [-0.39, 0.29) is 10.6 Å². The summed E-state index contributed by atoms with van der Waals surface area (Å²) in [6.07, 6.45) is 0. The first-order valence-corrected chi connectivity index (χ1v) is 6.19. The van der Waals surface area contributed by atoms with Crippen molar-refractivity contribution in [2.45, 2.75) is 13.8 Å². The van der Waals surface area contributed by atoms with Crippen LogP contribution in [0.15, 0.2) is 36.4 Å². The second-order valence-corrected chi connectivity index (χ2v) is 4.78. The van der Waals surface area contributed by atoms with Crippen molar-refractivity contribution in [1.82, 2.24) is 0 Å². The number of hydrogen-bond donors (Lipinski definition) is 1. The van der Waals surface area contributed by atoms with Gasteiger partial charge in [-0.25, -0.2) is 4.39 Å². The molecule has 0 aliphatic rings. The molecular formula is C15H13ClFNO. The summed E-state index contributed by atoms with van der Waals surface area (Å²) in [6.45, 7) is 3.78. The zero-order valence-corrected chi connectivity index (χ0v) is 11.4. The van der Waals surface area contributed by atoms with E-state index in [1.807, 2.05) is 32.0 Å². The van der Waals surface area contributed by atoms with E-state index in [2.05, 4.69) is 5.32 Å². The van der Waals surface area contributed by atoms with Crippen LogP contribution in [0, 0.1) is 19.7 Å². The normalized spacial score (nSPS) is 10.3. The van der Waals surface area contributed by atoms with Gasteiger partial charge in [-0.15, -0.1) is 0 Å². The fraction of sp³-hybridized carbons (Fsp3) is 0.133. The minimum atomic E-state index is -0.628. The van der Waals surface area contributed by atoms with Crippen molar-refractivity contribution in [3.63, 3.8) is 0 Å². The summed E-state index contributed by atoms with van der Waals surface area (Å²) in [5.74, 6) is -1.11. The lowest BCUT2D eigenvalue weighted by atomic mass is 10.1. The zero-order chi connectivity index (χ0) is 14.0. The molecule has 0 atom stereocenters. The number of amides is 1. The van der Waals surface area contributed by atoms with Gasteiger partial charge in [-0.05, 0) is 43.2 Å². The summed E-state index contributed by atoms with van der Waals surface area (Å²) in [4.78, 5) is 12.1. The number of hydrogen-bond acceptors (Lipinski definition) is 1. The van der Waals surface area contributed by atoms with Crippen LogP contribution in [0.4, 0.5) is 10.1 Å². The van der Waals surface area contributed by atoms with Gasteiger partial charge in [-0.1, -0.05) is 29.8 Å². The van der Waals surface area contributed by atoms with Gasteiger partial charge in [0.15, 0.2) is 0 Å². The van der Waals surface area contributed by atoms with Gasteiger partial charge in [0.1, 0.15) is 5.82 Å². The minimum absolute atomic E-state index is 0.0212. The summed E-state index contributed by atoms with van der Waals surface area (Å²) in [5, 5.41) is 3.00. The molecule has 0 saturated heterocycles. The van der Waals surface area contributed by atoms with Crippen molar-refractivity contribution < 1.29 is 9.18 Å². The third-order valence-electron chi connectivity index (χ3n) is 2.90. The second-order valence-electron chi connectivity index (χ2n) is 4.35. The van der Waals surface area contributed by atoms with E-state index >= 15 is 0 Å². The predicted octanol–water partition coefficient (Wildman–Crippen LogP) is 4.35. The number of anilines is 1. The molecule has 2 aromatic rings. The Morgan fingerprint density at radius 2 is 1.79 bits per heavy atom. The topological polar surface area (TPSA) is 29.1 Å². The van der Waals surface area contributed by atoms with Gasteiger partial charge in [0, 0.05) is 10.7 Å². The minimum Gasteiger partial charge on any atom is -0.321 e. The van der Waals surface area contributed by atoms with Gasteiger partial charge in [-0.3, -0.25) is 4.79 Å². The van der Waals surface area contributed by atoms with Crippen molar-refractivity contribution in [1.29, 1.82) is 0 Å². The molecule has 0 fully saturated rings. The molecule has 19 heavy (non-hydrogen) atoms. The molecule has 2 rings (SSSR count). The maximum Gasteiger partial charge on any atom is 0.258 e. The van der Waals surface area contributed by atoms with Gasteiger partial charge in [0.05, 0.1) is 5.56 Å². The van der Waals surface area contributed by atoms with E-state index in [0.29, 0.717) is 5.69 Å². The number of halogens is 2. The van der Waals surface area contributed by atoms with Crippen LogP contribution in [-0.2, 0) is 0 Å². The summed E-state index contributed by atoms with van der Waals surface area (Å²) >= 11 is 5.66. The molecule has 0 aliphatic carbocycles. The van der Waals surface area contributed by atoms with Crippen molar-refractivity contribution in [3.05, 3.63) is 63.9 Å². The van der Waals surface area contributed by atoms with Gasteiger partial charge >= 0.3 is 0 Å². The Balaban J connectivity index is 2.31. The Morgan fingerprint density at radius 3 is 2.37 bits per heavy atom. The lowest BCUT2D eigenvalue weighted by molar-refractivity contribution is 0.102. The van der Waals surface area contributed by atoms with E-state index in [1.165, 1.54) is 12.1 Å². The number of carbonyl (C=O) groups excluding carboxylic acids is 1. The van der Waals surface area contributed by atoms with Gasteiger partial charge in [0.25, 0.3) is 5.91 Å². The average Bonchev–Trinajstić information content (AvgIpc) is 2.33. The molecule has 2 aromatic carbocycles. The Hall–Kier alpha value is -1.87. The van der Waals surface area contributed by atoms with Crippen LogP contribution >= 0.6 is 11.6 Å². The molecule has 98 valence electrons. The van der Waals surface area contributed by atoms with Crippen LogP contribution < -0.4 is 5.32 Å². The van der Waals surface area contributed by atoms with Gasteiger partial charge in [0.2, 0.25) is 0 Å². The first-order valence-electron chi connectivity index (χ1n) is 5.81. The molecule has 0 aromatic heterocycles. The third-order valence-corrected chi connectivity index (χ3v) is 3.13. The standard InChI is InChI=1S/C15H13ClFNO/c1-9-4-3-5-10(2)14(9)18-15(19)12-7-6-11(16)8-13(12)17/h3-8H,1-2H3,(H,18,19). The molecule has 0 heterocycles. The number of benzene rings is 2. The molecule has 2 nitrogen and oxygen atoms in total. The third kappa shape index (κ3) is 2.93. The maximum atomic E-state index is 13.7. The van der Waals surface area contributed by atoms with Crippen molar-refractivity contribution >= 4 is 23.2 Å². The first-order chi connectivity index (χ1) is 8.99. The molecule has 0 aliphatic heterocycles. The molecule has 0 radical (unpaired) electrons. The zero-order valence-electron chi connectivity index (χ0n) is 10.6. The van der Waals surface area contributed by atoms with Crippen LogP contribution in [0.3, 0.4) is 0 Å². The fourth-order valence-electron chi connectivity index (χ4n) is 1.87. The van der Waals surface area contributed by atoms with E-state index in [4.69, 9.17) is 11.6 Å².